The Hall–Kier alpha value is -2.14. The van der Waals surface area contributed by atoms with Crippen molar-refractivity contribution in [1.29, 1.82) is 0 Å². The van der Waals surface area contributed by atoms with Gasteiger partial charge < -0.3 is 5.73 Å². The maximum atomic E-state index is 13.0. The number of hydrogen-bond acceptors (Lipinski definition) is 3. The van der Waals surface area contributed by atoms with E-state index in [0.717, 1.165) is 17.7 Å². The van der Waals surface area contributed by atoms with E-state index in [1.165, 1.54) is 0 Å². The summed E-state index contributed by atoms with van der Waals surface area (Å²) < 4.78 is 0. The van der Waals surface area contributed by atoms with Crippen LogP contribution in [0.5, 0.6) is 0 Å². The number of primary amides is 1. The molecule has 0 radical (unpaired) electrons. The van der Waals surface area contributed by atoms with Crippen molar-refractivity contribution in [3.63, 3.8) is 0 Å². The summed E-state index contributed by atoms with van der Waals surface area (Å²) in [5, 5.41) is 0.425. The van der Waals surface area contributed by atoms with Crippen LogP contribution in [0.25, 0.3) is 0 Å². The number of nitrogens with zero attached hydrogens (tertiary/aromatic N) is 1. The molecule has 1 aromatic rings. The van der Waals surface area contributed by atoms with Gasteiger partial charge in [0.1, 0.15) is 5.92 Å². The highest BCUT2D eigenvalue weighted by Crippen LogP contribution is 2.48. The van der Waals surface area contributed by atoms with Crippen molar-refractivity contribution in [3.8, 4) is 0 Å². The van der Waals surface area contributed by atoms with Crippen LogP contribution in [0.15, 0.2) is 30.4 Å². The van der Waals surface area contributed by atoms with Gasteiger partial charge in [0.05, 0.1) is 5.69 Å². The van der Waals surface area contributed by atoms with Gasteiger partial charge in [-0.25, -0.2) is 9.69 Å². The molecule has 0 saturated heterocycles. The molecule has 4 unspecified atom stereocenters. The van der Waals surface area contributed by atoms with Gasteiger partial charge in [-0.3, -0.25) is 9.59 Å². The fourth-order valence-electron chi connectivity index (χ4n) is 4.17. The number of anilines is 1. The lowest BCUT2D eigenvalue weighted by Crippen LogP contribution is -2.41. The maximum absolute atomic E-state index is 13.0. The Morgan fingerprint density at radius 2 is 2.00 bits per heavy atom. The molecule has 2 N–H and O–H groups in total. The van der Waals surface area contributed by atoms with Crippen LogP contribution in [0.4, 0.5) is 10.5 Å². The Kier molecular flexibility index (Phi) is 3.10. The molecule has 4 atom stereocenters. The van der Waals surface area contributed by atoms with Gasteiger partial charge >= 0.3 is 6.03 Å². The third-order valence-electron chi connectivity index (χ3n) is 5.16. The SMILES string of the molecule is NC(=O)N1C(=O)C(C(=O)C2CC3C=CC2C3)c2cc(Cl)ccc21. The Labute approximate surface area is 138 Å². The molecule has 3 aliphatic rings. The first-order valence-corrected chi connectivity index (χ1v) is 8.00. The summed E-state index contributed by atoms with van der Waals surface area (Å²) in [5.74, 6) is -1.21. The van der Waals surface area contributed by atoms with Crippen molar-refractivity contribution >= 4 is 35.0 Å². The first-order valence-electron chi connectivity index (χ1n) is 7.62. The van der Waals surface area contributed by atoms with Gasteiger partial charge in [-0.2, -0.15) is 0 Å². The molecule has 1 saturated carbocycles. The third kappa shape index (κ3) is 2.03. The number of fused-ring (bicyclic) bond motifs is 3. The van der Waals surface area contributed by atoms with Crippen LogP contribution in [0.1, 0.15) is 24.3 Å². The number of halogens is 1. The van der Waals surface area contributed by atoms with E-state index in [-0.39, 0.29) is 17.6 Å². The zero-order chi connectivity index (χ0) is 16.3. The smallest absolute Gasteiger partial charge is 0.326 e. The van der Waals surface area contributed by atoms with Crippen molar-refractivity contribution in [2.75, 3.05) is 4.90 Å². The molecule has 0 spiro atoms. The number of hydrogen-bond donors (Lipinski definition) is 1. The van der Waals surface area contributed by atoms with Crippen molar-refractivity contribution in [2.45, 2.75) is 18.8 Å². The summed E-state index contributed by atoms with van der Waals surface area (Å²) in [4.78, 5) is 38.2. The molecule has 0 aromatic heterocycles. The van der Waals surface area contributed by atoms with E-state index in [1.807, 2.05) is 0 Å². The van der Waals surface area contributed by atoms with Gasteiger partial charge in [-0.1, -0.05) is 23.8 Å². The minimum atomic E-state index is -0.978. The molecule has 1 aliphatic heterocycles. The zero-order valence-corrected chi connectivity index (χ0v) is 13.0. The normalized spacial score (nSPS) is 30.8. The number of nitrogens with two attached hydrogens (primary N) is 1. The predicted molar refractivity (Wildman–Crippen MR) is 85.1 cm³/mol. The Morgan fingerprint density at radius 3 is 2.61 bits per heavy atom. The number of urea groups is 1. The molecule has 1 fully saturated rings. The number of amides is 3. The highest BCUT2D eigenvalue weighted by atomic mass is 35.5. The van der Waals surface area contributed by atoms with E-state index < -0.39 is 17.9 Å². The predicted octanol–water partition coefficient (Wildman–Crippen LogP) is 2.63. The molecule has 5 nitrogen and oxygen atoms in total. The minimum absolute atomic E-state index is 0.126. The second-order valence-corrected chi connectivity index (χ2v) is 6.87. The van der Waals surface area contributed by atoms with Crippen molar-refractivity contribution in [2.24, 2.45) is 23.5 Å². The molecule has 4 rings (SSSR count). The van der Waals surface area contributed by atoms with Crippen LogP contribution in [0, 0.1) is 17.8 Å². The highest BCUT2D eigenvalue weighted by Gasteiger charge is 2.49. The fourth-order valence-corrected chi connectivity index (χ4v) is 4.35. The van der Waals surface area contributed by atoms with E-state index in [1.54, 1.807) is 18.2 Å². The quantitative estimate of drug-likeness (QED) is 0.668. The van der Waals surface area contributed by atoms with Crippen LogP contribution in [0.3, 0.4) is 0 Å². The third-order valence-corrected chi connectivity index (χ3v) is 5.39. The number of carbonyl (C=O) groups is 3. The summed E-state index contributed by atoms with van der Waals surface area (Å²) in [6.07, 6.45) is 5.96. The average molecular weight is 331 g/mol. The van der Waals surface area contributed by atoms with Crippen LogP contribution in [-0.2, 0) is 9.59 Å². The molecular weight excluding hydrogens is 316 g/mol. The second-order valence-electron chi connectivity index (χ2n) is 6.44. The van der Waals surface area contributed by atoms with E-state index in [2.05, 4.69) is 12.2 Å². The molecule has 1 aromatic carbocycles. The number of ketones is 1. The molecule has 2 aliphatic carbocycles. The van der Waals surface area contributed by atoms with Gasteiger partial charge in [-0.05, 0) is 48.4 Å². The lowest BCUT2D eigenvalue weighted by atomic mass is 9.81. The average Bonchev–Trinajstić information content (AvgIpc) is 3.18. The first-order chi connectivity index (χ1) is 11.0. The van der Waals surface area contributed by atoms with Gasteiger partial charge in [-0.15, -0.1) is 0 Å². The van der Waals surface area contributed by atoms with Gasteiger partial charge in [0.15, 0.2) is 5.78 Å². The lowest BCUT2D eigenvalue weighted by molar-refractivity contribution is -0.130. The maximum Gasteiger partial charge on any atom is 0.326 e. The highest BCUT2D eigenvalue weighted by molar-refractivity contribution is 6.32. The largest absolute Gasteiger partial charge is 0.351 e. The molecular formula is C17H15ClN2O3. The number of rotatable bonds is 2. The van der Waals surface area contributed by atoms with E-state index in [4.69, 9.17) is 17.3 Å². The van der Waals surface area contributed by atoms with Crippen LogP contribution in [-0.4, -0.2) is 17.7 Å². The van der Waals surface area contributed by atoms with Crippen molar-refractivity contribution in [3.05, 3.63) is 40.9 Å². The summed E-state index contributed by atoms with van der Waals surface area (Å²) in [5.41, 5.74) is 6.18. The number of carbonyl (C=O) groups excluding carboxylic acids is 3. The van der Waals surface area contributed by atoms with Crippen LogP contribution < -0.4 is 10.6 Å². The number of imide groups is 1. The monoisotopic (exact) mass is 330 g/mol. The lowest BCUT2D eigenvalue weighted by Gasteiger charge is -2.20. The van der Waals surface area contributed by atoms with Crippen LogP contribution >= 0.6 is 11.6 Å². The number of allylic oxidation sites excluding steroid dienone is 2. The summed E-state index contributed by atoms with van der Waals surface area (Å²) >= 11 is 6.02. The molecule has 2 bridgehead atoms. The summed E-state index contributed by atoms with van der Waals surface area (Å²) in [7, 11) is 0. The van der Waals surface area contributed by atoms with E-state index >= 15 is 0 Å². The van der Waals surface area contributed by atoms with Crippen molar-refractivity contribution < 1.29 is 14.4 Å². The Bertz CT molecular complexity index is 773. The number of Topliss-reactive ketones (excluding diaryl/α,β-unsaturated/α-hetero) is 1. The van der Waals surface area contributed by atoms with Crippen LogP contribution in [0.2, 0.25) is 5.02 Å². The Morgan fingerprint density at radius 1 is 1.22 bits per heavy atom. The van der Waals surface area contributed by atoms with Gasteiger partial charge in [0, 0.05) is 10.9 Å². The molecule has 23 heavy (non-hydrogen) atoms. The molecule has 6 heteroatoms. The second kappa shape index (κ2) is 4.93. The first kappa shape index (κ1) is 14.5. The van der Waals surface area contributed by atoms with Crippen molar-refractivity contribution in [1.82, 2.24) is 0 Å². The van der Waals surface area contributed by atoms with Gasteiger partial charge in [0.2, 0.25) is 5.91 Å². The van der Waals surface area contributed by atoms with E-state index in [0.29, 0.717) is 22.2 Å². The topological polar surface area (TPSA) is 80.5 Å². The molecule has 118 valence electrons. The zero-order valence-electron chi connectivity index (χ0n) is 12.2. The number of benzene rings is 1. The standard InChI is InChI=1S/C17H15ClN2O3/c18-10-3-4-13-12(7-10)14(16(22)20(13)17(19)23)15(21)11-6-8-1-2-9(11)5-8/h1-4,7-9,11,14H,5-6H2,(H2,19,23). The molecule has 3 amide bonds. The van der Waals surface area contributed by atoms with E-state index in [9.17, 15) is 14.4 Å². The summed E-state index contributed by atoms with van der Waals surface area (Å²) in [6, 6.07) is 3.86. The van der Waals surface area contributed by atoms with Gasteiger partial charge in [0.25, 0.3) is 0 Å². The Balaban J connectivity index is 1.75. The fraction of sp³-hybridized carbons (Fsp3) is 0.353. The molecule has 1 heterocycles. The minimum Gasteiger partial charge on any atom is -0.351 e. The summed E-state index contributed by atoms with van der Waals surface area (Å²) in [6.45, 7) is 0.